The van der Waals surface area contributed by atoms with Gasteiger partial charge >= 0.3 is 6.09 Å². The second-order valence-electron chi connectivity index (χ2n) is 7.56. The average Bonchev–Trinajstić information content (AvgIpc) is 2.58. The molecule has 2 aromatic rings. The van der Waals surface area contributed by atoms with E-state index in [2.05, 4.69) is 4.98 Å². The highest BCUT2D eigenvalue weighted by Crippen LogP contribution is 2.26. The van der Waals surface area contributed by atoms with Crippen LogP contribution >= 0.6 is 0 Å². The molecule has 2 atom stereocenters. The zero-order chi connectivity index (χ0) is 20.2. The minimum atomic E-state index is -0.673. The van der Waals surface area contributed by atoms with E-state index >= 15 is 0 Å². The molecule has 6 heteroatoms. The van der Waals surface area contributed by atoms with E-state index in [1.165, 1.54) is 11.0 Å². The first-order valence-electron chi connectivity index (χ1n) is 8.95. The van der Waals surface area contributed by atoms with Crippen molar-refractivity contribution < 1.29 is 19.0 Å². The van der Waals surface area contributed by atoms with Crippen molar-refractivity contribution in [3.05, 3.63) is 65.2 Å². The van der Waals surface area contributed by atoms with E-state index in [9.17, 15) is 14.3 Å². The van der Waals surface area contributed by atoms with Crippen LogP contribution < -0.4 is 0 Å². The van der Waals surface area contributed by atoms with Gasteiger partial charge in [-0.25, -0.2) is 9.18 Å². The maximum Gasteiger partial charge on any atom is 0.411 e. The number of hydrogen-bond acceptors (Lipinski definition) is 4. The molecule has 5 nitrogen and oxygen atoms in total. The molecule has 1 amide bonds. The molecule has 1 N–H and O–H groups in total. The highest BCUT2D eigenvalue weighted by molar-refractivity contribution is 5.68. The molecule has 1 heterocycles. The number of carbonyl (C=O) groups is 1. The maximum atomic E-state index is 14.3. The summed E-state index contributed by atoms with van der Waals surface area (Å²) in [5.74, 6) is -0.379. The number of benzene rings is 1. The number of aliphatic hydroxyl groups is 1. The topological polar surface area (TPSA) is 62.7 Å². The van der Waals surface area contributed by atoms with E-state index in [1.807, 2.05) is 0 Å². The minimum Gasteiger partial charge on any atom is -0.444 e. The van der Waals surface area contributed by atoms with Gasteiger partial charge in [0.1, 0.15) is 11.4 Å². The van der Waals surface area contributed by atoms with Crippen molar-refractivity contribution in [2.75, 3.05) is 0 Å². The quantitative estimate of drug-likeness (QED) is 0.819. The molecule has 0 bridgehead atoms. The Morgan fingerprint density at radius 1 is 1.22 bits per heavy atom. The molecule has 0 saturated carbocycles. The van der Waals surface area contributed by atoms with Crippen molar-refractivity contribution in [2.45, 2.75) is 58.9 Å². The first kappa shape index (κ1) is 20.8. The van der Waals surface area contributed by atoms with Crippen LogP contribution in [0.3, 0.4) is 0 Å². The van der Waals surface area contributed by atoms with E-state index in [0.717, 1.165) is 0 Å². The van der Waals surface area contributed by atoms with Crippen molar-refractivity contribution in [3.63, 3.8) is 0 Å². The van der Waals surface area contributed by atoms with Crippen LogP contribution in [0.4, 0.5) is 9.18 Å². The predicted molar refractivity (Wildman–Crippen MR) is 101 cm³/mol. The van der Waals surface area contributed by atoms with Crippen LogP contribution in [-0.4, -0.2) is 26.7 Å². The molecular formula is C21H27FN2O3. The van der Waals surface area contributed by atoms with E-state index in [0.29, 0.717) is 16.8 Å². The summed E-state index contributed by atoms with van der Waals surface area (Å²) in [7, 11) is 0. The number of hydrogen-bond donors (Lipinski definition) is 1. The van der Waals surface area contributed by atoms with Gasteiger partial charge in [-0.3, -0.25) is 9.88 Å². The van der Waals surface area contributed by atoms with Crippen molar-refractivity contribution in [1.29, 1.82) is 0 Å². The summed E-state index contributed by atoms with van der Waals surface area (Å²) >= 11 is 0. The molecule has 0 fully saturated rings. The number of aromatic nitrogens is 1. The highest BCUT2D eigenvalue weighted by Gasteiger charge is 2.28. The van der Waals surface area contributed by atoms with Gasteiger partial charge in [0, 0.05) is 11.8 Å². The zero-order valence-electron chi connectivity index (χ0n) is 16.4. The van der Waals surface area contributed by atoms with Crippen LogP contribution in [0.1, 0.15) is 63.6 Å². The van der Waals surface area contributed by atoms with Crippen LogP contribution in [0.2, 0.25) is 0 Å². The van der Waals surface area contributed by atoms with Crippen molar-refractivity contribution >= 4 is 6.09 Å². The van der Waals surface area contributed by atoms with E-state index in [-0.39, 0.29) is 12.4 Å². The molecule has 0 radical (unpaired) electrons. The summed E-state index contributed by atoms with van der Waals surface area (Å²) in [5.41, 5.74) is 1.04. The first-order valence-corrected chi connectivity index (χ1v) is 8.95. The highest BCUT2D eigenvalue weighted by atomic mass is 19.1. The molecule has 1 unspecified atom stereocenters. The Balaban J connectivity index is 2.31. The number of ether oxygens (including phenoxy) is 1. The third-order valence-electron chi connectivity index (χ3n) is 4.11. The van der Waals surface area contributed by atoms with Crippen molar-refractivity contribution in [2.24, 2.45) is 0 Å². The summed E-state index contributed by atoms with van der Waals surface area (Å²) in [6.07, 6.45) is 0.409. The normalized spacial score (nSPS) is 13.7. The smallest absolute Gasteiger partial charge is 0.411 e. The van der Waals surface area contributed by atoms with Gasteiger partial charge in [0.25, 0.3) is 0 Å². The van der Waals surface area contributed by atoms with Gasteiger partial charge < -0.3 is 9.84 Å². The summed E-state index contributed by atoms with van der Waals surface area (Å²) in [5, 5.41) is 9.61. The number of amides is 1. The Morgan fingerprint density at radius 2 is 1.89 bits per heavy atom. The van der Waals surface area contributed by atoms with Gasteiger partial charge in [0.05, 0.1) is 24.4 Å². The average molecular weight is 374 g/mol. The molecule has 0 aliphatic rings. The van der Waals surface area contributed by atoms with Gasteiger partial charge in [-0.1, -0.05) is 24.3 Å². The van der Waals surface area contributed by atoms with Crippen molar-refractivity contribution in [1.82, 2.24) is 9.88 Å². The standard InChI is InChI=1S/C21H27FN2O3/c1-14(18-8-6-7-9-19(18)22)24(20(26)27-21(3,4)5)13-17-11-10-16(12-23-17)15(2)25/h6-12,14-15,25H,13H2,1-5H3/t14-,15?/m1/s1. The third kappa shape index (κ3) is 5.76. The van der Waals surface area contributed by atoms with Gasteiger partial charge in [-0.05, 0) is 52.3 Å². The number of carbonyl (C=O) groups excluding carboxylic acids is 1. The van der Waals surface area contributed by atoms with Gasteiger partial charge in [-0.2, -0.15) is 0 Å². The lowest BCUT2D eigenvalue weighted by Crippen LogP contribution is -2.38. The molecule has 1 aromatic heterocycles. The maximum absolute atomic E-state index is 14.3. The molecule has 0 spiro atoms. The lowest BCUT2D eigenvalue weighted by atomic mass is 10.1. The molecule has 1 aromatic carbocycles. The lowest BCUT2D eigenvalue weighted by molar-refractivity contribution is 0.0147. The van der Waals surface area contributed by atoms with Crippen LogP contribution in [0.5, 0.6) is 0 Å². The second kappa shape index (κ2) is 8.48. The number of pyridine rings is 1. The SMILES string of the molecule is CC(O)c1ccc(CN(C(=O)OC(C)(C)C)[C@H](C)c2ccccc2F)nc1. The Morgan fingerprint density at radius 3 is 2.41 bits per heavy atom. The molecule has 0 aliphatic heterocycles. The van der Waals surface area contributed by atoms with Crippen molar-refractivity contribution in [3.8, 4) is 0 Å². The summed E-state index contributed by atoms with van der Waals surface area (Å²) < 4.78 is 19.8. The fraction of sp³-hybridized carbons (Fsp3) is 0.429. The second-order valence-corrected chi connectivity index (χ2v) is 7.56. The molecular weight excluding hydrogens is 347 g/mol. The van der Waals surface area contributed by atoms with Gasteiger partial charge in [0.15, 0.2) is 0 Å². The minimum absolute atomic E-state index is 0.157. The van der Waals surface area contributed by atoms with Crippen LogP contribution in [0.25, 0.3) is 0 Å². The molecule has 146 valence electrons. The Kier molecular flexibility index (Phi) is 6.54. The number of halogens is 1. The largest absolute Gasteiger partial charge is 0.444 e. The summed E-state index contributed by atoms with van der Waals surface area (Å²) in [4.78, 5) is 18.5. The van der Waals surface area contributed by atoms with E-state index < -0.39 is 23.8 Å². The zero-order valence-corrected chi connectivity index (χ0v) is 16.4. The number of rotatable bonds is 5. The Hall–Kier alpha value is -2.47. The Bertz CT molecular complexity index is 770. The number of nitrogens with zero attached hydrogens (tertiary/aromatic N) is 2. The predicted octanol–water partition coefficient (Wildman–Crippen LogP) is 4.77. The lowest BCUT2D eigenvalue weighted by Gasteiger charge is -2.32. The summed E-state index contributed by atoms with van der Waals surface area (Å²) in [6, 6.07) is 9.33. The molecule has 27 heavy (non-hydrogen) atoms. The molecule has 0 saturated heterocycles. The molecule has 0 aliphatic carbocycles. The Labute approximate surface area is 159 Å². The van der Waals surface area contributed by atoms with Gasteiger partial charge in [0.2, 0.25) is 0 Å². The summed E-state index contributed by atoms with van der Waals surface area (Å²) in [6.45, 7) is 8.92. The fourth-order valence-corrected chi connectivity index (χ4v) is 2.61. The van der Waals surface area contributed by atoms with Crippen LogP contribution in [-0.2, 0) is 11.3 Å². The first-order chi connectivity index (χ1) is 12.6. The van der Waals surface area contributed by atoms with Gasteiger partial charge in [-0.15, -0.1) is 0 Å². The van der Waals surface area contributed by atoms with Crippen LogP contribution in [0, 0.1) is 5.82 Å². The van der Waals surface area contributed by atoms with E-state index in [1.54, 1.807) is 71.1 Å². The fourth-order valence-electron chi connectivity index (χ4n) is 2.61. The van der Waals surface area contributed by atoms with E-state index in [4.69, 9.17) is 4.74 Å². The monoisotopic (exact) mass is 374 g/mol. The van der Waals surface area contributed by atoms with Crippen LogP contribution in [0.15, 0.2) is 42.6 Å². The third-order valence-corrected chi connectivity index (χ3v) is 4.11. The molecule has 2 rings (SSSR count). The number of aliphatic hydroxyl groups excluding tert-OH is 1.